The van der Waals surface area contributed by atoms with Crippen LogP contribution in [0.15, 0.2) is 30.3 Å². The Hall–Kier alpha value is -0.710. The van der Waals surface area contributed by atoms with E-state index in [-0.39, 0.29) is 6.10 Å². The standard InChI is InChI=1S/C9H10O3S/c10-13-11-7-6-9(12-13)8-4-2-1-3-5-8/h1-5,9H,6-7H2/t9-,13?/m0/s1. The summed E-state index contributed by atoms with van der Waals surface area (Å²) in [5.74, 6) is 0. The first-order valence-electron chi connectivity index (χ1n) is 4.13. The van der Waals surface area contributed by atoms with Gasteiger partial charge in [-0.25, -0.2) is 0 Å². The lowest BCUT2D eigenvalue weighted by Crippen LogP contribution is -2.17. The Labute approximate surface area is 79.5 Å². The van der Waals surface area contributed by atoms with Crippen LogP contribution < -0.4 is 0 Å². The second kappa shape index (κ2) is 4.00. The highest BCUT2D eigenvalue weighted by Gasteiger charge is 2.21. The van der Waals surface area contributed by atoms with Gasteiger partial charge in [-0.2, -0.15) is 4.21 Å². The molecule has 1 aromatic carbocycles. The van der Waals surface area contributed by atoms with Crippen LogP contribution in [0.25, 0.3) is 0 Å². The summed E-state index contributed by atoms with van der Waals surface area (Å²) in [6, 6.07) is 9.76. The van der Waals surface area contributed by atoms with Gasteiger partial charge in [-0.05, 0) is 5.56 Å². The van der Waals surface area contributed by atoms with E-state index in [2.05, 4.69) is 0 Å². The van der Waals surface area contributed by atoms with Crippen molar-refractivity contribution in [2.24, 2.45) is 0 Å². The Bertz CT molecular complexity index is 299. The summed E-state index contributed by atoms with van der Waals surface area (Å²) in [5.41, 5.74) is 1.05. The van der Waals surface area contributed by atoms with Gasteiger partial charge in [0, 0.05) is 6.42 Å². The lowest BCUT2D eigenvalue weighted by molar-refractivity contribution is 0.113. The largest absolute Gasteiger partial charge is 0.305 e. The topological polar surface area (TPSA) is 35.5 Å². The normalized spacial score (nSPS) is 28.6. The average molecular weight is 198 g/mol. The fraction of sp³-hybridized carbons (Fsp3) is 0.333. The molecule has 0 saturated carbocycles. The van der Waals surface area contributed by atoms with Gasteiger partial charge in [0.25, 0.3) is 0 Å². The molecule has 1 aliphatic heterocycles. The molecule has 1 unspecified atom stereocenters. The van der Waals surface area contributed by atoms with Crippen molar-refractivity contribution >= 4 is 11.4 Å². The smallest absolute Gasteiger partial charge is 0.268 e. The molecule has 1 heterocycles. The Morgan fingerprint density at radius 2 is 2.08 bits per heavy atom. The molecular weight excluding hydrogens is 188 g/mol. The minimum absolute atomic E-state index is 0.0872. The fourth-order valence-electron chi connectivity index (χ4n) is 1.28. The van der Waals surface area contributed by atoms with Crippen LogP contribution in [0.1, 0.15) is 18.1 Å². The van der Waals surface area contributed by atoms with E-state index in [1.54, 1.807) is 0 Å². The maximum Gasteiger partial charge on any atom is 0.305 e. The van der Waals surface area contributed by atoms with Crippen LogP contribution in [-0.4, -0.2) is 10.8 Å². The van der Waals surface area contributed by atoms with Crippen LogP contribution in [0.3, 0.4) is 0 Å². The SMILES string of the molecule is O=S1OCC[C@@H](c2ccccc2)O1. The van der Waals surface area contributed by atoms with Crippen LogP contribution in [-0.2, 0) is 19.7 Å². The van der Waals surface area contributed by atoms with Crippen molar-refractivity contribution in [2.45, 2.75) is 12.5 Å². The number of rotatable bonds is 1. The Morgan fingerprint density at radius 3 is 2.77 bits per heavy atom. The minimum atomic E-state index is -1.57. The molecule has 0 amide bonds. The molecule has 0 spiro atoms. The van der Waals surface area contributed by atoms with E-state index in [9.17, 15) is 4.21 Å². The highest BCUT2D eigenvalue weighted by atomic mass is 32.2. The quantitative estimate of drug-likeness (QED) is 0.689. The molecule has 70 valence electrons. The van der Waals surface area contributed by atoms with Gasteiger partial charge < -0.3 is 0 Å². The van der Waals surface area contributed by atoms with Crippen molar-refractivity contribution in [1.29, 1.82) is 0 Å². The summed E-state index contributed by atoms with van der Waals surface area (Å²) in [4.78, 5) is 0. The minimum Gasteiger partial charge on any atom is -0.268 e. The summed E-state index contributed by atoms with van der Waals surface area (Å²) in [6.45, 7) is 0.492. The van der Waals surface area contributed by atoms with Gasteiger partial charge in [-0.3, -0.25) is 8.37 Å². The molecular formula is C9H10O3S. The van der Waals surface area contributed by atoms with Gasteiger partial charge in [0.1, 0.15) is 6.10 Å². The lowest BCUT2D eigenvalue weighted by atomic mass is 10.1. The summed E-state index contributed by atoms with van der Waals surface area (Å²) < 4.78 is 20.8. The molecule has 1 aliphatic rings. The predicted molar refractivity (Wildman–Crippen MR) is 49.0 cm³/mol. The summed E-state index contributed by atoms with van der Waals surface area (Å²) in [6.07, 6.45) is 0.672. The van der Waals surface area contributed by atoms with E-state index in [1.165, 1.54) is 0 Å². The third-order valence-corrected chi connectivity index (χ3v) is 2.67. The van der Waals surface area contributed by atoms with Crippen molar-refractivity contribution in [2.75, 3.05) is 6.61 Å². The van der Waals surface area contributed by atoms with E-state index in [0.717, 1.165) is 12.0 Å². The number of benzene rings is 1. The first-order valence-corrected chi connectivity index (χ1v) is 5.13. The van der Waals surface area contributed by atoms with Crippen LogP contribution in [0.2, 0.25) is 0 Å². The molecule has 4 heteroatoms. The van der Waals surface area contributed by atoms with E-state index in [1.807, 2.05) is 30.3 Å². The van der Waals surface area contributed by atoms with Crippen LogP contribution in [0.5, 0.6) is 0 Å². The number of hydrogen-bond acceptors (Lipinski definition) is 3. The molecule has 3 nitrogen and oxygen atoms in total. The maximum atomic E-state index is 10.9. The van der Waals surface area contributed by atoms with E-state index >= 15 is 0 Å². The third-order valence-electron chi connectivity index (χ3n) is 1.93. The van der Waals surface area contributed by atoms with E-state index < -0.39 is 11.4 Å². The second-order valence-electron chi connectivity index (χ2n) is 2.81. The zero-order chi connectivity index (χ0) is 9.10. The molecule has 0 bridgehead atoms. The average Bonchev–Trinajstić information content (AvgIpc) is 2.19. The maximum absolute atomic E-state index is 10.9. The van der Waals surface area contributed by atoms with Crippen LogP contribution in [0.4, 0.5) is 0 Å². The van der Waals surface area contributed by atoms with Crippen LogP contribution >= 0.6 is 0 Å². The van der Waals surface area contributed by atoms with Gasteiger partial charge in [-0.15, -0.1) is 0 Å². The third kappa shape index (κ3) is 2.15. The summed E-state index contributed by atoms with van der Waals surface area (Å²) >= 11 is -1.57. The van der Waals surface area contributed by atoms with E-state index in [4.69, 9.17) is 8.37 Å². The van der Waals surface area contributed by atoms with Gasteiger partial charge >= 0.3 is 11.4 Å². The summed E-state index contributed by atoms with van der Waals surface area (Å²) in [7, 11) is 0. The molecule has 0 radical (unpaired) electrons. The molecule has 2 rings (SSSR count). The Balaban J connectivity index is 2.13. The molecule has 1 saturated heterocycles. The lowest BCUT2D eigenvalue weighted by Gasteiger charge is -2.20. The highest BCUT2D eigenvalue weighted by Crippen LogP contribution is 2.25. The molecule has 0 N–H and O–H groups in total. The first kappa shape index (κ1) is 8.87. The molecule has 2 atom stereocenters. The fourth-order valence-corrected chi connectivity index (χ4v) is 1.97. The first-order chi connectivity index (χ1) is 6.36. The zero-order valence-corrected chi connectivity index (χ0v) is 7.83. The van der Waals surface area contributed by atoms with Crippen molar-refractivity contribution in [1.82, 2.24) is 0 Å². The molecule has 13 heavy (non-hydrogen) atoms. The molecule has 0 aliphatic carbocycles. The monoisotopic (exact) mass is 198 g/mol. The van der Waals surface area contributed by atoms with Gasteiger partial charge in [0.05, 0.1) is 6.61 Å². The molecule has 0 aromatic heterocycles. The van der Waals surface area contributed by atoms with Crippen molar-refractivity contribution in [3.8, 4) is 0 Å². The molecule has 1 fully saturated rings. The van der Waals surface area contributed by atoms with Crippen molar-refractivity contribution in [3.63, 3.8) is 0 Å². The highest BCUT2D eigenvalue weighted by molar-refractivity contribution is 7.75. The van der Waals surface area contributed by atoms with Crippen molar-refractivity contribution in [3.05, 3.63) is 35.9 Å². The van der Waals surface area contributed by atoms with Gasteiger partial charge in [0.2, 0.25) is 0 Å². The second-order valence-corrected chi connectivity index (χ2v) is 3.65. The number of hydrogen-bond donors (Lipinski definition) is 0. The Morgan fingerprint density at radius 1 is 1.31 bits per heavy atom. The van der Waals surface area contributed by atoms with E-state index in [0.29, 0.717) is 6.61 Å². The van der Waals surface area contributed by atoms with Crippen LogP contribution in [0, 0.1) is 0 Å². The molecule has 1 aromatic rings. The van der Waals surface area contributed by atoms with Gasteiger partial charge in [-0.1, -0.05) is 30.3 Å². The predicted octanol–water partition coefficient (Wildman–Crippen LogP) is 1.74. The van der Waals surface area contributed by atoms with Crippen molar-refractivity contribution < 1.29 is 12.6 Å². The zero-order valence-electron chi connectivity index (χ0n) is 7.01. The van der Waals surface area contributed by atoms with Gasteiger partial charge in [0.15, 0.2) is 0 Å². The summed E-state index contributed by atoms with van der Waals surface area (Å²) in [5, 5.41) is 0. The Kier molecular flexibility index (Phi) is 2.73.